The number of benzene rings is 2. The maximum Gasteiger partial charge on any atom is 0.416 e. The van der Waals surface area contributed by atoms with Gasteiger partial charge in [0.15, 0.2) is 0 Å². The summed E-state index contributed by atoms with van der Waals surface area (Å²) >= 11 is 0. The van der Waals surface area contributed by atoms with Gasteiger partial charge in [-0.3, -0.25) is 0 Å². The molecule has 3 rings (SSSR count). The lowest BCUT2D eigenvalue weighted by atomic mass is 10.2. The number of rotatable bonds is 4. The van der Waals surface area contributed by atoms with Crippen molar-refractivity contribution in [1.82, 2.24) is 15.0 Å². The molecule has 0 aliphatic heterocycles. The quantitative estimate of drug-likeness (QED) is 0.682. The van der Waals surface area contributed by atoms with Crippen molar-refractivity contribution in [3.63, 3.8) is 0 Å². The lowest BCUT2D eigenvalue weighted by Crippen LogP contribution is -2.06. The summed E-state index contributed by atoms with van der Waals surface area (Å²) in [7, 11) is 0. The van der Waals surface area contributed by atoms with Gasteiger partial charge in [0.1, 0.15) is 11.4 Å². The summed E-state index contributed by atoms with van der Waals surface area (Å²) in [6, 6.07) is 9.84. The molecule has 5 nitrogen and oxygen atoms in total. The fraction of sp³-hybridized carbons (Fsp3) is 0.222. The summed E-state index contributed by atoms with van der Waals surface area (Å²) in [5, 5.41) is 21.3. The van der Waals surface area contributed by atoms with Gasteiger partial charge in [-0.1, -0.05) is 0 Å². The molecule has 0 fully saturated rings. The Morgan fingerprint density at radius 3 is 2.35 bits per heavy atom. The van der Waals surface area contributed by atoms with Crippen LogP contribution in [0.3, 0.4) is 0 Å². The Morgan fingerprint density at radius 1 is 1.04 bits per heavy atom. The lowest BCUT2D eigenvalue weighted by molar-refractivity contribution is -0.137. The van der Waals surface area contributed by atoms with E-state index >= 15 is 0 Å². The van der Waals surface area contributed by atoms with Crippen LogP contribution in [0.4, 0.5) is 18.9 Å². The van der Waals surface area contributed by atoms with Crippen LogP contribution in [0, 0.1) is 13.8 Å². The number of phenolic OH excluding ortho intramolecular Hbond substituents is 1. The summed E-state index contributed by atoms with van der Waals surface area (Å²) in [5.41, 5.74) is 2.66. The van der Waals surface area contributed by atoms with Gasteiger partial charge in [-0.05, 0) is 61.9 Å². The molecular formula is C18H17F3N4O. The molecule has 8 heteroatoms. The number of alkyl halides is 3. The standard InChI is InChI=1S/C18H17F3N4O/c1-11-9-14(5-8-17(11)26)22-10-16-12(2)23-25(24-16)15-6-3-13(4-7-15)18(19,20)21/h3-9,22,26H,10H2,1-2H3. The monoisotopic (exact) mass is 362 g/mol. The van der Waals surface area contributed by atoms with E-state index in [1.54, 1.807) is 26.0 Å². The van der Waals surface area contributed by atoms with Crippen LogP contribution in [-0.4, -0.2) is 20.1 Å². The van der Waals surface area contributed by atoms with Crippen LogP contribution in [0.15, 0.2) is 42.5 Å². The van der Waals surface area contributed by atoms with Crippen LogP contribution >= 0.6 is 0 Å². The molecule has 0 amide bonds. The van der Waals surface area contributed by atoms with Crippen LogP contribution in [0.2, 0.25) is 0 Å². The molecule has 0 bridgehead atoms. The second-order valence-corrected chi connectivity index (χ2v) is 5.92. The SMILES string of the molecule is Cc1cc(NCc2nn(-c3ccc(C(F)(F)F)cc3)nc2C)ccc1O. The molecule has 0 radical (unpaired) electrons. The number of phenols is 1. The number of anilines is 1. The molecule has 0 atom stereocenters. The van der Waals surface area contributed by atoms with E-state index in [1.165, 1.54) is 16.9 Å². The zero-order valence-electron chi connectivity index (χ0n) is 14.2. The van der Waals surface area contributed by atoms with Gasteiger partial charge in [-0.2, -0.15) is 28.2 Å². The third-order valence-corrected chi connectivity index (χ3v) is 3.96. The first-order valence-corrected chi connectivity index (χ1v) is 7.88. The van der Waals surface area contributed by atoms with Gasteiger partial charge in [-0.15, -0.1) is 0 Å². The first kappa shape index (κ1) is 17.8. The van der Waals surface area contributed by atoms with Gasteiger partial charge in [-0.25, -0.2) is 0 Å². The van der Waals surface area contributed by atoms with Crippen molar-refractivity contribution in [2.24, 2.45) is 0 Å². The van der Waals surface area contributed by atoms with Crippen molar-refractivity contribution in [2.45, 2.75) is 26.6 Å². The molecule has 0 aliphatic rings. The van der Waals surface area contributed by atoms with E-state index in [-0.39, 0.29) is 5.75 Å². The topological polar surface area (TPSA) is 63.0 Å². The molecule has 0 spiro atoms. The van der Waals surface area contributed by atoms with Crippen molar-refractivity contribution in [1.29, 1.82) is 0 Å². The third-order valence-electron chi connectivity index (χ3n) is 3.96. The maximum absolute atomic E-state index is 12.6. The van der Waals surface area contributed by atoms with Gasteiger partial charge in [0.05, 0.1) is 23.5 Å². The van der Waals surface area contributed by atoms with Crippen molar-refractivity contribution < 1.29 is 18.3 Å². The number of halogens is 3. The summed E-state index contributed by atoms with van der Waals surface area (Å²) in [6.45, 7) is 3.98. The minimum Gasteiger partial charge on any atom is -0.508 e. The summed E-state index contributed by atoms with van der Waals surface area (Å²) < 4.78 is 37.9. The minimum absolute atomic E-state index is 0.222. The number of nitrogens with zero attached hydrogens (tertiary/aromatic N) is 3. The largest absolute Gasteiger partial charge is 0.508 e. The first-order valence-electron chi connectivity index (χ1n) is 7.88. The Bertz CT molecular complexity index is 917. The number of nitrogens with one attached hydrogen (secondary N) is 1. The highest BCUT2D eigenvalue weighted by Crippen LogP contribution is 2.29. The van der Waals surface area contributed by atoms with Gasteiger partial charge in [0, 0.05) is 5.69 Å². The predicted molar refractivity (Wildman–Crippen MR) is 91.3 cm³/mol. The van der Waals surface area contributed by atoms with Crippen LogP contribution in [0.25, 0.3) is 5.69 Å². The van der Waals surface area contributed by atoms with E-state index in [0.29, 0.717) is 23.6 Å². The lowest BCUT2D eigenvalue weighted by Gasteiger charge is -2.07. The summed E-state index contributed by atoms with van der Waals surface area (Å²) in [4.78, 5) is 1.31. The minimum atomic E-state index is -4.37. The molecule has 2 aromatic carbocycles. The van der Waals surface area contributed by atoms with E-state index in [1.807, 2.05) is 6.07 Å². The smallest absolute Gasteiger partial charge is 0.416 e. The molecule has 26 heavy (non-hydrogen) atoms. The Labute approximate surface area is 148 Å². The molecule has 0 saturated heterocycles. The van der Waals surface area contributed by atoms with Gasteiger partial charge >= 0.3 is 6.18 Å². The van der Waals surface area contributed by atoms with E-state index in [4.69, 9.17) is 0 Å². The predicted octanol–water partition coefficient (Wildman–Crippen LogP) is 4.22. The zero-order valence-corrected chi connectivity index (χ0v) is 14.2. The van der Waals surface area contributed by atoms with E-state index in [9.17, 15) is 18.3 Å². The summed E-state index contributed by atoms with van der Waals surface area (Å²) in [6.07, 6.45) is -4.37. The summed E-state index contributed by atoms with van der Waals surface area (Å²) in [5.74, 6) is 0.222. The van der Waals surface area contributed by atoms with Crippen molar-refractivity contribution >= 4 is 5.69 Å². The first-order chi connectivity index (χ1) is 12.2. The number of hydrogen-bond donors (Lipinski definition) is 2. The Kier molecular flexibility index (Phi) is 4.58. The van der Waals surface area contributed by atoms with E-state index in [0.717, 1.165) is 23.4 Å². The number of aromatic hydroxyl groups is 1. The van der Waals surface area contributed by atoms with E-state index < -0.39 is 11.7 Å². The fourth-order valence-corrected chi connectivity index (χ4v) is 2.42. The molecule has 2 N–H and O–H groups in total. The average molecular weight is 362 g/mol. The molecule has 0 unspecified atom stereocenters. The van der Waals surface area contributed by atoms with Crippen LogP contribution in [0.1, 0.15) is 22.5 Å². The second-order valence-electron chi connectivity index (χ2n) is 5.92. The van der Waals surface area contributed by atoms with Crippen LogP contribution in [-0.2, 0) is 12.7 Å². The molecule has 3 aromatic rings. The maximum atomic E-state index is 12.6. The van der Waals surface area contributed by atoms with E-state index in [2.05, 4.69) is 15.5 Å². The van der Waals surface area contributed by atoms with Gasteiger partial charge in [0.2, 0.25) is 0 Å². The molecule has 1 aromatic heterocycles. The normalized spacial score (nSPS) is 11.6. The van der Waals surface area contributed by atoms with Crippen molar-refractivity contribution in [3.8, 4) is 11.4 Å². The highest BCUT2D eigenvalue weighted by molar-refractivity contribution is 5.50. The second kappa shape index (κ2) is 6.70. The number of aromatic nitrogens is 3. The van der Waals surface area contributed by atoms with Crippen molar-refractivity contribution in [2.75, 3.05) is 5.32 Å². The Hall–Kier alpha value is -3.03. The molecule has 136 valence electrons. The highest BCUT2D eigenvalue weighted by atomic mass is 19.4. The average Bonchev–Trinajstić information content (AvgIpc) is 2.96. The van der Waals surface area contributed by atoms with Crippen LogP contribution in [0.5, 0.6) is 5.75 Å². The van der Waals surface area contributed by atoms with Crippen molar-refractivity contribution in [3.05, 3.63) is 65.0 Å². The molecular weight excluding hydrogens is 345 g/mol. The third kappa shape index (κ3) is 3.79. The Balaban J connectivity index is 1.75. The number of aryl methyl sites for hydroxylation is 2. The highest BCUT2D eigenvalue weighted by Gasteiger charge is 2.30. The van der Waals surface area contributed by atoms with Gasteiger partial charge < -0.3 is 10.4 Å². The van der Waals surface area contributed by atoms with Crippen LogP contribution < -0.4 is 5.32 Å². The fourth-order valence-electron chi connectivity index (χ4n) is 2.42. The molecule has 0 saturated carbocycles. The molecule has 1 heterocycles. The number of hydrogen-bond acceptors (Lipinski definition) is 4. The Morgan fingerprint density at radius 2 is 1.73 bits per heavy atom. The zero-order chi connectivity index (χ0) is 18.9. The molecule has 0 aliphatic carbocycles. The van der Waals surface area contributed by atoms with Gasteiger partial charge in [0.25, 0.3) is 0 Å².